The van der Waals surface area contributed by atoms with E-state index >= 15 is 0 Å². The Bertz CT molecular complexity index is 463. The summed E-state index contributed by atoms with van der Waals surface area (Å²) in [6.45, 7) is 0.446. The van der Waals surface area contributed by atoms with Crippen LogP contribution in [0.3, 0.4) is 0 Å². The number of rotatable bonds is 5. The van der Waals surface area contributed by atoms with Gasteiger partial charge in [0.25, 0.3) is 0 Å². The van der Waals surface area contributed by atoms with E-state index in [0.29, 0.717) is 24.0 Å². The van der Waals surface area contributed by atoms with Crippen molar-refractivity contribution in [3.05, 3.63) is 23.9 Å². The first-order valence-electron chi connectivity index (χ1n) is 5.55. The summed E-state index contributed by atoms with van der Waals surface area (Å²) < 4.78 is 0. The van der Waals surface area contributed by atoms with E-state index in [1.165, 1.54) is 0 Å². The summed E-state index contributed by atoms with van der Waals surface area (Å²) in [6.07, 6.45) is 3.81. The molecule has 1 aliphatic carbocycles. The Balaban J connectivity index is 2.14. The van der Waals surface area contributed by atoms with Gasteiger partial charge in [0.2, 0.25) is 0 Å². The summed E-state index contributed by atoms with van der Waals surface area (Å²) in [6, 6.07) is 5.80. The van der Waals surface area contributed by atoms with E-state index in [0.717, 1.165) is 12.8 Å². The lowest BCUT2D eigenvalue weighted by atomic mass is 10.2. The van der Waals surface area contributed by atoms with E-state index in [2.05, 4.69) is 11.1 Å². The Morgan fingerprint density at radius 1 is 1.65 bits per heavy atom. The first-order valence-corrected chi connectivity index (χ1v) is 5.55. The largest absolute Gasteiger partial charge is 0.481 e. The van der Waals surface area contributed by atoms with Gasteiger partial charge in [-0.1, -0.05) is 0 Å². The summed E-state index contributed by atoms with van der Waals surface area (Å²) in [5, 5.41) is 17.5. The van der Waals surface area contributed by atoms with Crippen LogP contribution in [0.4, 0.5) is 5.82 Å². The van der Waals surface area contributed by atoms with Crippen molar-refractivity contribution in [3.63, 3.8) is 0 Å². The Hall–Kier alpha value is -2.09. The van der Waals surface area contributed by atoms with E-state index in [1.54, 1.807) is 18.3 Å². The van der Waals surface area contributed by atoms with Crippen molar-refractivity contribution in [2.45, 2.75) is 25.3 Å². The molecule has 0 atom stereocenters. The van der Waals surface area contributed by atoms with Crippen molar-refractivity contribution < 1.29 is 9.90 Å². The summed E-state index contributed by atoms with van der Waals surface area (Å²) in [5.74, 6) is -0.111. The number of pyridine rings is 1. The number of aromatic nitrogens is 1. The summed E-state index contributed by atoms with van der Waals surface area (Å²) in [5.41, 5.74) is 0.552. The van der Waals surface area contributed by atoms with Gasteiger partial charge < -0.3 is 10.0 Å². The highest BCUT2D eigenvalue weighted by Gasteiger charge is 2.30. The van der Waals surface area contributed by atoms with Gasteiger partial charge in [-0.25, -0.2) is 4.98 Å². The third-order valence-corrected chi connectivity index (χ3v) is 2.72. The van der Waals surface area contributed by atoms with E-state index in [4.69, 9.17) is 10.4 Å². The monoisotopic (exact) mass is 231 g/mol. The van der Waals surface area contributed by atoms with Crippen molar-refractivity contribution >= 4 is 11.8 Å². The zero-order valence-electron chi connectivity index (χ0n) is 9.33. The fourth-order valence-corrected chi connectivity index (χ4v) is 1.73. The number of carboxylic acid groups (broad SMARTS) is 1. The Morgan fingerprint density at radius 3 is 3.00 bits per heavy atom. The quantitative estimate of drug-likeness (QED) is 0.828. The predicted molar refractivity (Wildman–Crippen MR) is 61.6 cm³/mol. The van der Waals surface area contributed by atoms with Crippen molar-refractivity contribution in [2.24, 2.45) is 0 Å². The van der Waals surface area contributed by atoms with E-state index in [-0.39, 0.29) is 6.42 Å². The van der Waals surface area contributed by atoms with Gasteiger partial charge in [-0.15, -0.1) is 0 Å². The van der Waals surface area contributed by atoms with Crippen LogP contribution in [0.1, 0.15) is 24.8 Å². The lowest BCUT2D eigenvalue weighted by Gasteiger charge is -2.22. The predicted octanol–water partition coefficient (Wildman–Crippen LogP) is 1.40. The van der Waals surface area contributed by atoms with Gasteiger partial charge in [-0.3, -0.25) is 4.79 Å². The number of aliphatic carboxylic acids is 1. The molecule has 0 amide bonds. The van der Waals surface area contributed by atoms with Gasteiger partial charge in [-0.2, -0.15) is 5.26 Å². The highest BCUT2D eigenvalue weighted by Crippen LogP contribution is 2.30. The topological polar surface area (TPSA) is 77.2 Å². The zero-order chi connectivity index (χ0) is 12.3. The van der Waals surface area contributed by atoms with Crippen molar-refractivity contribution in [1.82, 2.24) is 4.98 Å². The molecule has 17 heavy (non-hydrogen) atoms. The molecule has 1 heterocycles. The Morgan fingerprint density at radius 2 is 2.41 bits per heavy atom. The number of hydrogen-bond donors (Lipinski definition) is 1. The molecular formula is C12H13N3O2. The van der Waals surface area contributed by atoms with Gasteiger partial charge in [0.05, 0.1) is 18.1 Å². The molecule has 1 aliphatic rings. The SMILES string of the molecule is N#Cc1ccnc(N(CCC(=O)O)C2CC2)c1. The van der Waals surface area contributed by atoms with Crippen molar-refractivity contribution in [1.29, 1.82) is 5.26 Å². The molecule has 88 valence electrons. The minimum atomic E-state index is -0.813. The first-order chi connectivity index (χ1) is 8.20. The molecule has 1 saturated carbocycles. The summed E-state index contributed by atoms with van der Waals surface area (Å²) in [4.78, 5) is 16.8. The lowest BCUT2D eigenvalue weighted by Crippen LogP contribution is -2.29. The minimum Gasteiger partial charge on any atom is -0.481 e. The highest BCUT2D eigenvalue weighted by molar-refractivity contribution is 5.67. The third kappa shape index (κ3) is 2.94. The fraction of sp³-hybridized carbons (Fsp3) is 0.417. The molecule has 1 aromatic heterocycles. The molecule has 0 bridgehead atoms. The first kappa shape index (κ1) is 11.4. The van der Waals surface area contributed by atoms with E-state index in [9.17, 15) is 4.79 Å². The summed E-state index contributed by atoms with van der Waals surface area (Å²) in [7, 11) is 0. The molecule has 0 radical (unpaired) electrons. The fourth-order valence-electron chi connectivity index (χ4n) is 1.73. The van der Waals surface area contributed by atoms with Crippen molar-refractivity contribution in [2.75, 3.05) is 11.4 Å². The van der Waals surface area contributed by atoms with Crippen LogP contribution in [0.25, 0.3) is 0 Å². The summed E-state index contributed by atoms with van der Waals surface area (Å²) >= 11 is 0. The molecule has 1 fully saturated rings. The lowest BCUT2D eigenvalue weighted by molar-refractivity contribution is -0.136. The number of nitrogens with zero attached hydrogens (tertiary/aromatic N) is 3. The molecule has 0 unspecified atom stereocenters. The molecule has 0 aromatic carbocycles. The number of carboxylic acids is 1. The molecule has 0 saturated heterocycles. The smallest absolute Gasteiger partial charge is 0.305 e. The van der Waals surface area contributed by atoms with Crippen LogP contribution in [-0.2, 0) is 4.79 Å². The normalized spacial score (nSPS) is 14.1. The standard InChI is InChI=1S/C12H13N3O2/c13-8-9-3-5-14-11(7-9)15(10-1-2-10)6-4-12(16)17/h3,5,7,10H,1-2,4,6H2,(H,16,17). The second-order valence-corrected chi connectivity index (χ2v) is 4.08. The Labute approximate surface area is 99.3 Å². The highest BCUT2D eigenvalue weighted by atomic mass is 16.4. The van der Waals surface area contributed by atoms with E-state index < -0.39 is 5.97 Å². The third-order valence-electron chi connectivity index (χ3n) is 2.72. The number of nitriles is 1. The molecule has 5 nitrogen and oxygen atoms in total. The Kier molecular flexibility index (Phi) is 3.24. The minimum absolute atomic E-state index is 0.0922. The van der Waals surface area contributed by atoms with Crippen molar-refractivity contribution in [3.8, 4) is 6.07 Å². The van der Waals surface area contributed by atoms with Crippen LogP contribution in [-0.4, -0.2) is 28.6 Å². The van der Waals surface area contributed by atoms with Gasteiger partial charge in [0, 0.05) is 18.8 Å². The average molecular weight is 231 g/mol. The van der Waals surface area contributed by atoms with Gasteiger partial charge in [-0.05, 0) is 25.0 Å². The van der Waals surface area contributed by atoms with Crippen LogP contribution in [0.15, 0.2) is 18.3 Å². The average Bonchev–Trinajstić information content (AvgIpc) is 3.14. The van der Waals surface area contributed by atoms with Crippen LogP contribution in [0.2, 0.25) is 0 Å². The second-order valence-electron chi connectivity index (χ2n) is 4.08. The maximum atomic E-state index is 10.6. The molecule has 2 rings (SSSR count). The number of carbonyl (C=O) groups is 1. The number of hydrogen-bond acceptors (Lipinski definition) is 4. The van der Waals surface area contributed by atoms with Crippen LogP contribution in [0.5, 0.6) is 0 Å². The van der Waals surface area contributed by atoms with Gasteiger partial charge in [0.15, 0.2) is 0 Å². The molecule has 0 spiro atoms. The van der Waals surface area contributed by atoms with Crippen LogP contribution < -0.4 is 4.90 Å². The molecule has 1 N–H and O–H groups in total. The van der Waals surface area contributed by atoms with E-state index in [1.807, 2.05) is 4.90 Å². The van der Waals surface area contributed by atoms with Gasteiger partial charge >= 0.3 is 5.97 Å². The molecule has 0 aliphatic heterocycles. The number of anilines is 1. The maximum absolute atomic E-state index is 10.6. The molecule has 1 aromatic rings. The van der Waals surface area contributed by atoms with Crippen LogP contribution >= 0.6 is 0 Å². The molecular weight excluding hydrogens is 218 g/mol. The maximum Gasteiger partial charge on any atom is 0.305 e. The van der Waals surface area contributed by atoms with Crippen LogP contribution in [0, 0.1) is 11.3 Å². The molecule has 5 heteroatoms. The zero-order valence-corrected chi connectivity index (χ0v) is 9.33. The van der Waals surface area contributed by atoms with Gasteiger partial charge in [0.1, 0.15) is 5.82 Å². The second kappa shape index (κ2) is 4.83.